The van der Waals surface area contributed by atoms with E-state index in [0.717, 1.165) is 11.3 Å². The van der Waals surface area contributed by atoms with E-state index in [2.05, 4.69) is 21.5 Å². The second-order valence-electron chi connectivity index (χ2n) is 6.25. The first-order valence-corrected chi connectivity index (χ1v) is 8.53. The number of hydrogen-bond acceptors (Lipinski definition) is 6. The lowest BCUT2D eigenvalue weighted by Gasteiger charge is -2.29. The van der Waals surface area contributed by atoms with E-state index in [4.69, 9.17) is 14.5 Å². The van der Waals surface area contributed by atoms with Gasteiger partial charge in [-0.15, -0.1) is 0 Å². The number of carbonyl (C=O) groups is 1. The molecule has 3 rings (SSSR count). The number of amides is 2. The number of carbonyl (C=O) groups excluding carboxylic acids is 1. The molecule has 2 heterocycles. The van der Waals surface area contributed by atoms with Crippen molar-refractivity contribution in [3.05, 3.63) is 30.2 Å². The molecule has 0 saturated carbocycles. The van der Waals surface area contributed by atoms with Gasteiger partial charge >= 0.3 is 6.03 Å². The van der Waals surface area contributed by atoms with Crippen LogP contribution >= 0.6 is 0 Å². The largest absolute Gasteiger partial charge is 0.497 e. The molecule has 1 aliphatic rings. The van der Waals surface area contributed by atoms with E-state index in [0.29, 0.717) is 37.6 Å². The molecule has 0 bridgehead atoms. The smallest absolute Gasteiger partial charge is 0.318 e. The quantitative estimate of drug-likeness (QED) is 0.904. The van der Waals surface area contributed by atoms with Gasteiger partial charge in [0.05, 0.1) is 13.2 Å². The van der Waals surface area contributed by atoms with Gasteiger partial charge in [-0.1, -0.05) is 5.16 Å². The number of hydrogen-bond donors (Lipinski definition) is 1. The normalized spacial score (nSPS) is 16.0. The number of aromatic nitrogens is 2. The number of nitrogens with zero attached hydrogens (tertiary/aromatic N) is 4. The van der Waals surface area contributed by atoms with Crippen LogP contribution in [0, 0.1) is 17.2 Å². The van der Waals surface area contributed by atoms with Gasteiger partial charge in [0.15, 0.2) is 0 Å². The number of urea groups is 1. The van der Waals surface area contributed by atoms with Crippen LogP contribution in [0.3, 0.4) is 0 Å². The average Bonchev–Trinajstić information content (AvgIpc) is 3.18. The van der Waals surface area contributed by atoms with E-state index in [-0.39, 0.29) is 11.9 Å². The molecule has 1 fully saturated rings. The van der Waals surface area contributed by atoms with Crippen molar-refractivity contribution >= 4 is 6.03 Å². The highest BCUT2D eigenvalue weighted by molar-refractivity contribution is 5.74. The first-order valence-electron chi connectivity index (χ1n) is 8.53. The van der Waals surface area contributed by atoms with Gasteiger partial charge in [-0.25, -0.2) is 4.79 Å². The van der Waals surface area contributed by atoms with E-state index in [1.807, 2.05) is 24.3 Å². The van der Waals surface area contributed by atoms with Crippen molar-refractivity contribution in [2.24, 2.45) is 5.92 Å². The van der Waals surface area contributed by atoms with Crippen LogP contribution in [0.2, 0.25) is 0 Å². The van der Waals surface area contributed by atoms with E-state index in [1.54, 1.807) is 18.9 Å². The molecule has 1 aliphatic heterocycles. The van der Waals surface area contributed by atoms with Gasteiger partial charge in [-0.2, -0.15) is 10.2 Å². The zero-order chi connectivity index (χ0) is 18.5. The molecule has 0 aliphatic carbocycles. The highest BCUT2D eigenvalue weighted by Gasteiger charge is 2.25. The standard InChI is InChI=1S/C18H21N5O3/c1-12(20-18(24)23-9-7-13(11-19)8-10-23)17-21-16(22-26-17)14-3-5-15(25-2)6-4-14/h3-6,12-13H,7-10H2,1-2H3,(H,20,24). The summed E-state index contributed by atoms with van der Waals surface area (Å²) in [5, 5.41) is 15.8. The van der Waals surface area contributed by atoms with Crippen LogP contribution < -0.4 is 10.1 Å². The fourth-order valence-corrected chi connectivity index (χ4v) is 2.82. The van der Waals surface area contributed by atoms with Gasteiger partial charge in [0.1, 0.15) is 11.8 Å². The fourth-order valence-electron chi connectivity index (χ4n) is 2.82. The Morgan fingerprint density at radius 1 is 1.38 bits per heavy atom. The SMILES string of the molecule is COc1ccc(-c2noc(C(C)NC(=O)N3CCC(C#N)CC3)n2)cc1. The number of methoxy groups -OCH3 is 1. The average molecular weight is 355 g/mol. The van der Waals surface area contributed by atoms with E-state index >= 15 is 0 Å². The van der Waals surface area contributed by atoms with Crippen LogP contribution in [-0.4, -0.2) is 41.3 Å². The summed E-state index contributed by atoms with van der Waals surface area (Å²) in [6.07, 6.45) is 1.42. The molecule has 1 aromatic carbocycles. The molecule has 8 nitrogen and oxygen atoms in total. The zero-order valence-electron chi connectivity index (χ0n) is 14.8. The zero-order valence-corrected chi connectivity index (χ0v) is 14.8. The molecular weight excluding hydrogens is 334 g/mol. The van der Waals surface area contributed by atoms with Crippen molar-refractivity contribution in [3.63, 3.8) is 0 Å². The molecule has 0 radical (unpaired) electrons. The molecular formula is C18H21N5O3. The molecule has 1 saturated heterocycles. The Morgan fingerprint density at radius 2 is 2.08 bits per heavy atom. The highest BCUT2D eigenvalue weighted by Crippen LogP contribution is 2.22. The third kappa shape index (κ3) is 3.94. The van der Waals surface area contributed by atoms with Crippen LogP contribution in [0.5, 0.6) is 5.75 Å². The van der Waals surface area contributed by atoms with Gasteiger partial charge in [-0.3, -0.25) is 0 Å². The first-order chi connectivity index (χ1) is 12.6. The minimum absolute atomic E-state index is 0.0412. The number of likely N-dealkylation sites (tertiary alicyclic amines) is 1. The Hall–Kier alpha value is -3.08. The lowest BCUT2D eigenvalue weighted by molar-refractivity contribution is 0.173. The third-order valence-electron chi connectivity index (χ3n) is 4.47. The first kappa shape index (κ1) is 17.7. The number of rotatable bonds is 4. The van der Waals surface area contributed by atoms with Gasteiger partial charge in [0.2, 0.25) is 11.7 Å². The predicted molar refractivity (Wildman–Crippen MR) is 93.1 cm³/mol. The van der Waals surface area contributed by atoms with Crippen LogP contribution in [0.25, 0.3) is 11.4 Å². The monoisotopic (exact) mass is 355 g/mol. The predicted octanol–water partition coefficient (Wildman–Crippen LogP) is 2.75. The number of nitriles is 1. The van der Waals surface area contributed by atoms with Crippen molar-refractivity contribution in [2.75, 3.05) is 20.2 Å². The fraction of sp³-hybridized carbons (Fsp3) is 0.444. The summed E-state index contributed by atoms with van der Waals surface area (Å²) < 4.78 is 10.4. The molecule has 1 N–H and O–H groups in total. The van der Waals surface area contributed by atoms with Crippen molar-refractivity contribution in [3.8, 4) is 23.2 Å². The molecule has 136 valence electrons. The van der Waals surface area contributed by atoms with Crippen LogP contribution in [0.4, 0.5) is 4.79 Å². The Labute approximate surface area is 151 Å². The van der Waals surface area contributed by atoms with Crippen molar-refractivity contribution < 1.29 is 14.1 Å². The summed E-state index contributed by atoms with van der Waals surface area (Å²) >= 11 is 0. The third-order valence-corrected chi connectivity index (χ3v) is 4.47. The molecule has 1 aromatic heterocycles. The summed E-state index contributed by atoms with van der Waals surface area (Å²) in [6.45, 7) is 2.96. The summed E-state index contributed by atoms with van der Waals surface area (Å²) in [7, 11) is 1.61. The molecule has 1 unspecified atom stereocenters. The Morgan fingerprint density at radius 3 is 2.69 bits per heavy atom. The Bertz CT molecular complexity index is 788. The molecule has 1 atom stereocenters. The van der Waals surface area contributed by atoms with Crippen molar-refractivity contribution in [1.82, 2.24) is 20.4 Å². The number of piperidine rings is 1. The van der Waals surface area contributed by atoms with Crippen molar-refractivity contribution in [1.29, 1.82) is 5.26 Å². The molecule has 26 heavy (non-hydrogen) atoms. The number of benzene rings is 1. The van der Waals surface area contributed by atoms with Gasteiger partial charge in [0, 0.05) is 24.6 Å². The minimum Gasteiger partial charge on any atom is -0.497 e. The Kier molecular flexibility index (Phi) is 5.37. The number of ether oxygens (including phenoxy) is 1. The number of nitrogens with one attached hydrogen (secondary N) is 1. The molecule has 8 heteroatoms. The van der Waals surface area contributed by atoms with E-state index in [9.17, 15) is 4.79 Å². The minimum atomic E-state index is -0.407. The van der Waals surface area contributed by atoms with Crippen LogP contribution in [-0.2, 0) is 0 Å². The summed E-state index contributed by atoms with van der Waals surface area (Å²) in [5.41, 5.74) is 0.804. The second-order valence-corrected chi connectivity index (χ2v) is 6.25. The van der Waals surface area contributed by atoms with Crippen molar-refractivity contribution in [2.45, 2.75) is 25.8 Å². The maximum atomic E-state index is 12.4. The van der Waals surface area contributed by atoms with Crippen LogP contribution in [0.1, 0.15) is 31.7 Å². The Balaban J connectivity index is 1.60. The maximum absolute atomic E-state index is 12.4. The van der Waals surface area contributed by atoms with Gasteiger partial charge < -0.3 is 19.5 Å². The van der Waals surface area contributed by atoms with Crippen LogP contribution in [0.15, 0.2) is 28.8 Å². The van der Waals surface area contributed by atoms with Gasteiger partial charge in [-0.05, 0) is 44.0 Å². The maximum Gasteiger partial charge on any atom is 0.318 e. The second kappa shape index (κ2) is 7.87. The topological polar surface area (TPSA) is 104 Å². The highest BCUT2D eigenvalue weighted by atomic mass is 16.5. The lowest BCUT2D eigenvalue weighted by Crippen LogP contribution is -2.45. The van der Waals surface area contributed by atoms with E-state index in [1.165, 1.54) is 0 Å². The summed E-state index contributed by atoms with van der Waals surface area (Å²) in [4.78, 5) is 18.4. The summed E-state index contributed by atoms with van der Waals surface area (Å²) in [6, 6.07) is 9.00. The lowest BCUT2D eigenvalue weighted by atomic mass is 9.99. The molecule has 2 amide bonds. The molecule has 2 aromatic rings. The molecule has 0 spiro atoms. The summed E-state index contributed by atoms with van der Waals surface area (Å²) in [5.74, 6) is 1.59. The van der Waals surface area contributed by atoms with Gasteiger partial charge in [0.25, 0.3) is 0 Å². The van der Waals surface area contributed by atoms with E-state index < -0.39 is 6.04 Å².